The van der Waals surface area contributed by atoms with Gasteiger partial charge < -0.3 is 10.2 Å². The Morgan fingerprint density at radius 2 is 1.80 bits per heavy atom. The van der Waals surface area contributed by atoms with Crippen LogP contribution in [-0.4, -0.2) is 22.8 Å². The molecule has 0 unspecified atom stereocenters. The molecule has 0 radical (unpaired) electrons. The molecule has 1 N–H and O–H groups in total. The Hall–Kier alpha value is -3.14. The third-order valence-corrected chi connectivity index (χ3v) is 3.90. The van der Waals surface area contributed by atoms with Crippen molar-refractivity contribution < 1.29 is 4.79 Å². The number of hydrogen-bond acceptors (Lipinski definition) is 3. The van der Waals surface area contributed by atoms with E-state index in [-0.39, 0.29) is 5.91 Å². The van der Waals surface area contributed by atoms with Crippen molar-refractivity contribution in [2.45, 2.75) is 13.5 Å². The lowest BCUT2D eigenvalue weighted by Gasteiger charge is -2.17. The SMILES string of the molecule is Cc1cccc(Nc2ccc(C(=O)N(C)Cc3ccccc3)nc2)c1. The molecule has 0 saturated carbocycles. The summed E-state index contributed by atoms with van der Waals surface area (Å²) in [7, 11) is 1.79. The predicted octanol–water partition coefficient (Wildman–Crippen LogP) is 4.41. The van der Waals surface area contributed by atoms with E-state index in [1.54, 1.807) is 24.2 Å². The highest BCUT2D eigenvalue weighted by molar-refractivity contribution is 5.92. The van der Waals surface area contributed by atoms with Crippen molar-refractivity contribution in [2.24, 2.45) is 0 Å². The Morgan fingerprint density at radius 1 is 1.00 bits per heavy atom. The molecule has 25 heavy (non-hydrogen) atoms. The minimum absolute atomic E-state index is 0.0917. The van der Waals surface area contributed by atoms with Crippen LogP contribution in [0.2, 0.25) is 0 Å². The summed E-state index contributed by atoms with van der Waals surface area (Å²) in [6.45, 7) is 2.61. The first kappa shape index (κ1) is 16.7. The van der Waals surface area contributed by atoms with Crippen LogP contribution in [0.3, 0.4) is 0 Å². The average molecular weight is 331 g/mol. The number of nitrogens with one attached hydrogen (secondary N) is 1. The summed E-state index contributed by atoms with van der Waals surface area (Å²) in [5, 5.41) is 3.29. The Labute approximate surface area is 148 Å². The second-order valence-electron chi connectivity index (χ2n) is 6.07. The first-order valence-electron chi connectivity index (χ1n) is 8.21. The van der Waals surface area contributed by atoms with E-state index < -0.39 is 0 Å². The zero-order chi connectivity index (χ0) is 17.6. The van der Waals surface area contributed by atoms with Gasteiger partial charge in [0.05, 0.1) is 11.9 Å². The molecule has 126 valence electrons. The van der Waals surface area contributed by atoms with Crippen LogP contribution in [0.15, 0.2) is 72.9 Å². The van der Waals surface area contributed by atoms with Crippen molar-refractivity contribution in [1.82, 2.24) is 9.88 Å². The molecule has 4 nitrogen and oxygen atoms in total. The Morgan fingerprint density at radius 3 is 2.48 bits per heavy atom. The molecule has 0 fully saturated rings. The van der Waals surface area contributed by atoms with Gasteiger partial charge in [-0.2, -0.15) is 0 Å². The van der Waals surface area contributed by atoms with Gasteiger partial charge in [-0.05, 0) is 42.3 Å². The molecule has 1 amide bonds. The summed E-state index contributed by atoms with van der Waals surface area (Å²) in [5.41, 5.74) is 4.58. The highest BCUT2D eigenvalue weighted by Gasteiger charge is 2.13. The van der Waals surface area contributed by atoms with Crippen LogP contribution in [0.5, 0.6) is 0 Å². The van der Waals surface area contributed by atoms with E-state index in [2.05, 4.69) is 16.4 Å². The van der Waals surface area contributed by atoms with Gasteiger partial charge in [-0.3, -0.25) is 4.79 Å². The molecule has 0 aliphatic carbocycles. The van der Waals surface area contributed by atoms with Gasteiger partial charge in [-0.25, -0.2) is 4.98 Å². The summed E-state index contributed by atoms with van der Waals surface area (Å²) in [4.78, 5) is 18.5. The van der Waals surface area contributed by atoms with Crippen molar-refractivity contribution in [3.05, 3.63) is 89.7 Å². The smallest absolute Gasteiger partial charge is 0.272 e. The molecule has 0 bridgehead atoms. The van der Waals surface area contributed by atoms with E-state index >= 15 is 0 Å². The Balaban J connectivity index is 1.66. The molecule has 3 aromatic rings. The van der Waals surface area contributed by atoms with E-state index in [4.69, 9.17) is 0 Å². The maximum atomic E-state index is 12.5. The normalized spacial score (nSPS) is 10.3. The monoisotopic (exact) mass is 331 g/mol. The van der Waals surface area contributed by atoms with Gasteiger partial charge in [-0.15, -0.1) is 0 Å². The van der Waals surface area contributed by atoms with Crippen LogP contribution in [0, 0.1) is 6.92 Å². The third kappa shape index (κ3) is 4.44. The van der Waals surface area contributed by atoms with Gasteiger partial charge in [0.15, 0.2) is 0 Å². The second-order valence-corrected chi connectivity index (χ2v) is 6.07. The zero-order valence-electron chi connectivity index (χ0n) is 14.4. The van der Waals surface area contributed by atoms with Gasteiger partial charge in [0.25, 0.3) is 5.91 Å². The highest BCUT2D eigenvalue weighted by Crippen LogP contribution is 2.17. The van der Waals surface area contributed by atoms with E-state index in [9.17, 15) is 4.79 Å². The zero-order valence-corrected chi connectivity index (χ0v) is 14.4. The average Bonchev–Trinajstić information content (AvgIpc) is 2.62. The fraction of sp³-hybridized carbons (Fsp3) is 0.143. The van der Waals surface area contributed by atoms with Crippen LogP contribution in [0.4, 0.5) is 11.4 Å². The predicted molar refractivity (Wildman–Crippen MR) is 101 cm³/mol. The van der Waals surface area contributed by atoms with Crippen molar-refractivity contribution in [2.75, 3.05) is 12.4 Å². The summed E-state index contributed by atoms with van der Waals surface area (Å²) < 4.78 is 0. The summed E-state index contributed by atoms with van der Waals surface area (Å²) in [5.74, 6) is -0.0917. The lowest BCUT2D eigenvalue weighted by Crippen LogP contribution is -2.26. The van der Waals surface area contributed by atoms with Crippen LogP contribution in [-0.2, 0) is 6.54 Å². The van der Waals surface area contributed by atoms with Crippen molar-refractivity contribution in [3.63, 3.8) is 0 Å². The van der Waals surface area contributed by atoms with Gasteiger partial charge in [-0.1, -0.05) is 42.5 Å². The number of benzene rings is 2. The molecule has 0 aliphatic heterocycles. The van der Waals surface area contributed by atoms with Crippen LogP contribution in [0.1, 0.15) is 21.6 Å². The number of carbonyl (C=O) groups excluding carboxylic acids is 1. The van der Waals surface area contributed by atoms with E-state index in [1.807, 2.05) is 61.5 Å². The van der Waals surface area contributed by atoms with Crippen molar-refractivity contribution in [1.29, 1.82) is 0 Å². The van der Waals surface area contributed by atoms with E-state index in [1.165, 1.54) is 5.56 Å². The summed E-state index contributed by atoms with van der Waals surface area (Å²) in [6.07, 6.45) is 1.69. The molecular weight excluding hydrogens is 310 g/mol. The van der Waals surface area contributed by atoms with Gasteiger partial charge in [0.2, 0.25) is 0 Å². The Bertz CT molecular complexity index is 845. The lowest BCUT2D eigenvalue weighted by molar-refractivity contribution is 0.0779. The number of nitrogens with zero attached hydrogens (tertiary/aromatic N) is 2. The molecule has 0 saturated heterocycles. The third-order valence-electron chi connectivity index (χ3n) is 3.90. The van der Waals surface area contributed by atoms with Gasteiger partial charge in [0.1, 0.15) is 5.69 Å². The molecule has 3 rings (SSSR count). The fourth-order valence-corrected chi connectivity index (χ4v) is 2.61. The standard InChI is InChI=1S/C21H21N3O/c1-16-7-6-10-18(13-16)23-19-11-12-20(22-14-19)21(25)24(2)15-17-8-4-3-5-9-17/h3-14,23H,15H2,1-2H3. The molecule has 4 heteroatoms. The molecule has 1 aromatic heterocycles. The summed E-state index contributed by atoms with van der Waals surface area (Å²) >= 11 is 0. The van der Waals surface area contributed by atoms with Crippen molar-refractivity contribution >= 4 is 17.3 Å². The number of carbonyl (C=O) groups is 1. The second kappa shape index (κ2) is 7.62. The molecule has 0 atom stereocenters. The largest absolute Gasteiger partial charge is 0.354 e. The van der Waals surface area contributed by atoms with Gasteiger partial charge in [0, 0.05) is 19.3 Å². The number of rotatable bonds is 5. The number of pyridine rings is 1. The van der Waals surface area contributed by atoms with Crippen LogP contribution < -0.4 is 5.32 Å². The van der Waals surface area contributed by atoms with E-state index in [0.29, 0.717) is 12.2 Å². The number of aryl methyl sites for hydroxylation is 1. The van der Waals surface area contributed by atoms with E-state index in [0.717, 1.165) is 16.9 Å². The fourth-order valence-electron chi connectivity index (χ4n) is 2.61. The number of amides is 1. The van der Waals surface area contributed by atoms with Crippen LogP contribution >= 0.6 is 0 Å². The quantitative estimate of drug-likeness (QED) is 0.753. The first-order valence-corrected chi connectivity index (χ1v) is 8.21. The minimum Gasteiger partial charge on any atom is -0.354 e. The topological polar surface area (TPSA) is 45.2 Å². The molecule has 0 aliphatic rings. The molecule has 2 aromatic carbocycles. The maximum Gasteiger partial charge on any atom is 0.272 e. The molecule has 1 heterocycles. The minimum atomic E-state index is -0.0917. The first-order chi connectivity index (χ1) is 12.1. The molecular formula is C21H21N3O. The summed E-state index contributed by atoms with van der Waals surface area (Å²) in [6, 6.07) is 21.7. The number of aromatic nitrogens is 1. The van der Waals surface area contributed by atoms with Crippen LogP contribution in [0.25, 0.3) is 0 Å². The maximum absolute atomic E-state index is 12.5. The molecule has 0 spiro atoms. The van der Waals surface area contributed by atoms with Gasteiger partial charge >= 0.3 is 0 Å². The number of anilines is 2. The number of hydrogen-bond donors (Lipinski definition) is 1. The Kier molecular flexibility index (Phi) is 5.09. The highest BCUT2D eigenvalue weighted by atomic mass is 16.2. The van der Waals surface area contributed by atoms with Crippen molar-refractivity contribution in [3.8, 4) is 0 Å². The lowest BCUT2D eigenvalue weighted by atomic mass is 10.2.